The van der Waals surface area contributed by atoms with E-state index in [1.807, 2.05) is 23.6 Å². The maximum atomic E-state index is 13.0. The van der Waals surface area contributed by atoms with Crippen molar-refractivity contribution in [3.8, 4) is 0 Å². The largest absolute Gasteiger partial charge is 0.450 e. The summed E-state index contributed by atoms with van der Waals surface area (Å²) >= 11 is 0. The van der Waals surface area contributed by atoms with Crippen molar-refractivity contribution < 1.29 is 19.1 Å². The molecule has 2 heterocycles. The number of hydrogen-bond donors (Lipinski definition) is 2. The molecule has 35 heavy (non-hydrogen) atoms. The van der Waals surface area contributed by atoms with E-state index in [1.165, 1.54) is 0 Å². The molecular weight excluding hydrogens is 444 g/mol. The Labute approximate surface area is 213 Å². The zero-order chi connectivity index (χ0) is 26.7. The van der Waals surface area contributed by atoms with Gasteiger partial charge in [-0.2, -0.15) is 0 Å². The van der Waals surface area contributed by atoms with E-state index < -0.39 is 0 Å². The molecule has 2 aliphatic rings. The Kier molecular flexibility index (Phi) is 9.54. The van der Waals surface area contributed by atoms with Crippen LogP contribution in [0.1, 0.15) is 101 Å². The van der Waals surface area contributed by atoms with E-state index in [2.05, 4.69) is 66.0 Å². The number of hydrogen-bond acceptors (Lipinski definition) is 6. The molecule has 2 rings (SSSR count). The van der Waals surface area contributed by atoms with Crippen LogP contribution in [-0.2, 0) is 9.47 Å². The molecule has 0 saturated carbocycles. The second-order valence-corrected chi connectivity index (χ2v) is 13.0. The molecule has 2 N–H and O–H groups in total. The first kappa shape index (κ1) is 29.7. The van der Waals surface area contributed by atoms with Gasteiger partial charge < -0.3 is 29.9 Å². The Balaban J connectivity index is 2.18. The number of rotatable bonds is 8. The fourth-order valence-corrected chi connectivity index (χ4v) is 6.65. The average molecular weight is 497 g/mol. The van der Waals surface area contributed by atoms with Crippen molar-refractivity contribution in [2.45, 2.75) is 136 Å². The monoisotopic (exact) mass is 496 g/mol. The normalized spacial score (nSPS) is 23.4. The minimum absolute atomic E-state index is 0.0769. The second-order valence-electron chi connectivity index (χ2n) is 13.0. The van der Waals surface area contributed by atoms with Gasteiger partial charge >= 0.3 is 12.2 Å². The molecule has 2 amide bonds. The topological polar surface area (TPSA) is 83.1 Å². The molecule has 8 nitrogen and oxygen atoms in total. The Morgan fingerprint density at radius 3 is 1.20 bits per heavy atom. The zero-order valence-electron chi connectivity index (χ0n) is 24.0. The molecule has 0 aliphatic carbocycles. The van der Waals surface area contributed by atoms with E-state index >= 15 is 0 Å². The first-order valence-corrected chi connectivity index (χ1v) is 13.5. The van der Waals surface area contributed by atoms with E-state index in [0.29, 0.717) is 32.7 Å². The van der Waals surface area contributed by atoms with Gasteiger partial charge in [-0.1, -0.05) is 0 Å². The van der Waals surface area contributed by atoms with Crippen molar-refractivity contribution >= 4 is 12.2 Å². The molecule has 0 aromatic rings. The lowest BCUT2D eigenvalue weighted by Crippen LogP contribution is -2.63. The molecule has 0 aromatic carbocycles. The highest BCUT2D eigenvalue weighted by atomic mass is 16.6. The van der Waals surface area contributed by atoms with E-state index in [4.69, 9.17) is 9.47 Å². The smallest absolute Gasteiger partial charge is 0.409 e. The van der Waals surface area contributed by atoms with E-state index in [0.717, 1.165) is 25.7 Å². The van der Waals surface area contributed by atoms with Crippen molar-refractivity contribution in [2.24, 2.45) is 0 Å². The van der Waals surface area contributed by atoms with Gasteiger partial charge in [-0.3, -0.25) is 0 Å². The predicted octanol–water partition coefficient (Wildman–Crippen LogP) is 4.91. The molecule has 0 aromatic heterocycles. The van der Waals surface area contributed by atoms with Gasteiger partial charge in [-0.25, -0.2) is 9.59 Å². The van der Waals surface area contributed by atoms with Gasteiger partial charge in [0.25, 0.3) is 0 Å². The minimum Gasteiger partial charge on any atom is -0.450 e. The second kappa shape index (κ2) is 11.2. The lowest BCUT2D eigenvalue weighted by molar-refractivity contribution is 0.0355. The maximum Gasteiger partial charge on any atom is 0.409 e. The zero-order valence-corrected chi connectivity index (χ0v) is 24.0. The highest BCUT2D eigenvalue weighted by Crippen LogP contribution is 2.34. The molecule has 0 radical (unpaired) electrons. The Morgan fingerprint density at radius 1 is 0.657 bits per heavy atom. The molecule has 2 saturated heterocycles. The molecule has 2 fully saturated rings. The van der Waals surface area contributed by atoms with Crippen LogP contribution in [0.3, 0.4) is 0 Å². The van der Waals surface area contributed by atoms with Crippen molar-refractivity contribution in [1.82, 2.24) is 20.4 Å². The quantitative estimate of drug-likeness (QED) is 0.497. The van der Waals surface area contributed by atoms with Crippen molar-refractivity contribution in [3.63, 3.8) is 0 Å². The third-order valence-corrected chi connectivity index (χ3v) is 7.02. The summed E-state index contributed by atoms with van der Waals surface area (Å²) in [6.45, 7) is 23.0. The van der Waals surface area contributed by atoms with Gasteiger partial charge in [0.2, 0.25) is 0 Å². The summed E-state index contributed by atoms with van der Waals surface area (Å²) in [6.07, 6.45) is 3.56. The molecule has 0 bridgehead atoms. The van der Waals surface area contributed by atoms with Gasteiger partial charge in [0.1, 0.15) is 0 Å². The standard InChI is InChI=1S/C27H52N4O4/c1-11-34-22(32)30(20-16-24(3,4)28-25(5,6)17-20)14-13-15-31(23(33)35-12-2)21-18-26(7,8)29-27(9,10)19-21/h20-21,28-29H,11-19H2,1-10H3. The first-order chi connectivity index (χ1) is 16.0. The van der Waals surface area contributed by atoms with Gasteiger partial charge in [0.15, 0.2) is 0 Å². The summed E-state index contributed by atoms with van der Waals surface area (Å²) in [7, 11) is 0. The van der Waals surface area contributed by atoms with Crippen LogP contribution >= 0.6 is 0 Å². The summed E-state index contributed by atoms with van der Waals surface area (Å²) in [4.78, 5) is 29.8. The summed E-state index contributed by atoms with van der Waals surface area (Å²) < 4.78 is 10.9. The average Bonchev–Trinajstić information content (AvgIpc) is 2.63. The highest BCUT2D eigenvalue weighted by molar-refractivity contribution is 5.69. The Bertz CT molecular complexity index is 643. The molecule has 0 atom stereocenters. The minimum atomic E-state index is -0.266. The fourth-order valence-electron chi connectivity index (χ4n) is 6.65. The summed E-state index contributed by atoms with van der Waals surface area (Å²) in [5.74, 6) is 0. The third-order valence-electron chi connectivity index (χ3n) is 7.02. The van der Waals surface area contributed by atoms with Crippen molar-refractivity contribution in [1.29, 1.82) is 0 Å². The number of piperidine rings is 2. The summed E-state index contributed by atoms with van der Waals surface area (Å²) in [6, 6.07) is 0.154. The van der Waals surface area contributed by atoms with Crippen LogP contribution in [0.4, 0.5) is 9.59 Å². The number of amides is 2. The number of ether oxygens (including phenoxy) is 2. The third kappa shape index (κ3) is 8.81. The molecule has 204 valence electrons. The van der Waals surface area contributed by atoms with Crippen LogP contribution in [0, 0.1) is 0 Å². The van der Waals surface area contributed by atoms with Crippen LogP contribution in [0.25, 0.3) is 0 Å². The molecular formula is C27H52N4O4. The molecule has 0 unspecified atom stereocenters. The molecule has 0 spiro atoms. The number of carbonyl (C=O) groups is 2. The number of nitrogens with zero attached hydrogens (tertiary/aromatic N) is 2. The summed E-state index contributed by atoms with van der Waals surface area (Å²) in [5.41, 5.74) is -0.332. The number of nitrogens with one attached hydrogen (secondary N) is 2. The van der Waals surface area contributed by atoms with Crippen LogP contribution in [0.5, 0.6) is 0 Å². The summed E-state index contributed by atoms with van der Waals surface area (Å²) in [5, 5.41) is 7.39. The molecule has 2 aliphatic heterocycles. The Hall–Kier alpha value is -1.54. The van der Waals surface area contributed by atoms with Crippen LogP contribution in [0.2, 0.25) is 0 Å². The number of carbonyl (C=O) groups excluding carboxylic acids is 2. The fraction of sp³-hybridized carbons (Fsp3) is 0.926. The predicted molar refractivity (Wildman–Crippen MR) is 141 cm³/mol. The van der Waals surface area contributed by atoms with Crippen LogP contribution in [0.15, 0.2) is 0 Å². The van der Waals surface area contributed by atoms with Crippen molar-refractivity contribution in [2.75, 3.05) is 26.3 Å². The van der Waals surface area contributed by atoms with Gasteiger partial charge in [-0.15, -0.1) is 0 Å². The van der Waals surface area contributed by atoms with Gasteiger partial charge in [0.05, 0.1) is 13.2 Å². The lowest BCUT2D eigenvalue weighted by Gasteiger charge is -2.50. The SMILES string of the molecule is CCOC(=O)N(CCCN(C(=O)OCC)C1CC(C)(C)NC(C)(C)C1)C1CC(C)(C)NC(C)(C)C1. The van der Waals surface area contributed by atoms with E-state index in [9.17, 15) is 9.59 Å². The van der Waals surface area contributed by atoms with E-state index in [-0.39, 0.29) is 46.4 Å². The van der Waals surface area contributed by atoms with Crippen LogP contribution in [-0.4, -0.2) is 82.5 Å². The maximum absolute atomic E-state index is 13.0. The van der Waals surface area contributed by atoms with E-state index in [1.54, 1.807) is 0 Å². The Morgan fingerprint density at radius 2 is 0.943 bits per heavy atom. The molecule has 8 heteroatoms. The van der Waals surface area contributed by atoms with Gasteiger partial charge in [0, 0.05) is 47.3 Å². The van der Waals surface area contributed by atoms with Gasteiger partial charge in [-0.05, 0) is 101 Å². The lowest BCUT2D eigenvalue weighted by atomic mass is 9.79. The van der Waals surface area contributed by atoms with Crippen LogP contribution < -0.4 is 10.6 Å². The highest BCUT2D eigenvalue weighted by Gasteiger charge is 2.43. The van der Waals surface area contributed by atoms with Crippen molar-refractivity contribution in [3.05, 3.63) is 0 Å². The first-order valence-electron chi connectivity index (χ1n) is 13.5.